The summed E-state index contributed by atoms with van der Waals surface area (Å²) in [5.74, 6) is -2.28. The molecule has 166 valence electrons. The van der Waals surface area contributed by atoms with Gasteiger partial charge >= 0.3 is 5.97 Å². The summed E-state index contributed by atoms with van der Waals surface area (Å²) in [6.07, 6.45) is 1.53. The molecule has 0 spiro atoms. The van der Waals surface area contributed by atoms with Crippen LogP contribution in [-0.2, 0) is 9.59 Å². The van der Waals surface area contributed by atoms with Crippen molar-refractivity contribution in [2.75, 3.05) is 4.90 Å². The van der Waals surface area contributed by atoms with Crippen molar-refractivity contribution < 1.29 is 19.5 Å². The van der Waals surface area contributed by atoms with Crippen molar-refractivity contribution in [3.05, 3.63) is 87.7 Å². The van der Waals surface area contributed by atoms with Gasteiger partial charge < -0.3 is 9.67 Å². The second-order valence-corrected chi connectivity index (χ2v) is 8.27. The van der Waals surface area contributed by atoms with Crippen molar-refractivity contribution in [2.45, 2.75) is 13.8 Å². The van der Waals surface area contributed by atoms with Crippen LogP contribution in [0.3, 0.4) is 0 Å². The van der Waals surface area contributed by atoms with Crippen molar-refractivity contribution in [3.63, 3.8) is 0 Å². The van der Waals surface area contributed by atoms with Gasteiger partial charge in [0.1, 0.15) is 5.57 Å². The maximum absolute atomic E-state index is 13.3. The third-order valence-corrected chi connectivity index (χ3v) is 5.87. The van der Waals surface area contributed by atoms with Crippen LogP contribution < -0.4 is 10.2 Å². The lowest BCUT2D eigenvalue weighted by molar-refractivity contribution is -0.122. The molecule has 0 aliphatic carbocycles. The maximum atomic E-state index is 13.3. The number of carboxylic acid groups (broad SMARTS) is 1. The molecule has 9 heteroatoms. The molecule has 2 aromatic carbocycles. The number of carbonyl (C=O) groups excluding carboxylic acids is 2. The third kappa shape index (κ3) is 4.18. The van der Waals surface area contributed by atoms with E-state index in [4.69, 9.17) is 28.9 Å². The Morgan fingerprint density at radius 2 is 1.64 bits per heavy atom. The lowest BCUT2D eigenvalue weighted by Gasteiger charge is -2.29. The van der Waals surface area contributed by atoms with Crippen LogP contribution in [0, 0.1) is 13.8 Å². The van der Waals surface area contributed by atoms with Crippen LogP contribution in [-0.4, -0.2) is 32.6 Å². The second-order valence-electron chi connectivity index (χ2n) is 7.45. The molecule has 1 fully saturated rings. The fourth-order valence-corrected chi connectivity index (χ4v) is 4.13. The molecule has 2 amide bonds. The first kappa shape index (κ1) is 22.4. The molecule has 33 heavy (non-hydrogen) atoms. The van der Waals surface area contributed by atoms with Crippen molar-refractivity contribution in [3.8, 4) is 5.69 Å². The first-order valence-corrected chi connectivity index (χ1v) is 10.7. The van der Waals surface area contributed by atoms with Gasteiger partial charge in [0.2, 0.25) is 0 Å². The molecule has 4 rings (SSSR count). The average Bonchev–Trinajstić information content (AvgIpc) is 3.05. The van der Waals surface area contributed by atoms with E-state index in [2.05, 4.69) is 5.32 Å². The van der Waals surface area contributed by atoms with Gasteiger partial charge in [0.05, 0.1) is 11.3 Å². The first-order valence-electron chi connectivity index (χ1n) is 9.87. The van der Waals surface area contributed by atoms with Crippen LogP contribution in [0.2, 0.25) is 5.02 Å². The van der Waals surface area contributed by atoms with E-state index in [0.29, 0.717) is 16.3 Å². The number of hydrogen-bond donors (Lipinski definition) is 2. The summed E-state index contributed by atoms with van der Waals surface area (Å²) in [5, 5.41) is 12.2. The number of thiocarbonyl (C=S) groups is 1. The number of anilines is 1. The fourth-order valence-electron chi connectivity index (χ4n) is 3.72. The summed E-state index contributed by atoms with van der Waals surface area (Å²) >= 11 is 11.2. The van der Waals surface area contributed by atoms with Gasteiger partial charge in [0.25, 0.3) is 11.8 Å². The predicted molar refractivity (Wildman–Crippen MR) is 130 cm³/mol. The molecular weight excluding hydrogens is 462 g/mol. The summed E-state index contributed by atoms with van der Waals surface area (Å²) in [6.45, 7) is 3.82. The number of carbonyl (C=O) groups is 3. The van der Waals surface area contributed by atoms with Gasteiger partial charge in [-0.1, -0.05) is 11.6 Å². The molecule has 0 radical (unpaired) electrons. The van der Waals surface area contributed by atoms with E-state index in [9.17, 15) is 14.4 Å². The molecule has 1 aromatic heterocycles. The van der Waals surface area contributed by atoms with Gasteiger partial charge in [-0.05, 0) is 92.3 Å². The Morgan fingerprint density at radius 3 is 2.24 bits per heavy atom. The number of nitrogens with one attached hydrogen (secondary N) is 1. The highest BCUT2D eigenvalue weighted by Crippen LogP contribution is 2.27. The Hall–Kier alpha value is -3.75. The standard InChI is InChI=1S/C24H18ClN3O4S/c1-13-11-16(14(2)27(13)18-9-5-17(25)6-10-18)12-20-21(29)26-24(33)28(22(20)30)19-7-3-15(4-8-19)23(31)32/h3-12H,1-2H3,(H,31,32)(H,26,29,33)/b20-12-. The molecule has 2 N–H and O–H groups in total. The van der Waals surface area contributed by atoms with Gasteiger partial charge in [-0.3, -0.25) is 19.8 Å². The van der Waals surface area contributed by atoms with Crippen LogP contribution in [0.25, 0.3) is 11.8 Å². The predicted octanol–water partition coefficient (Wildman–Crippen LogP) is 4.28. The smallest absolute Gasteiger partial charge is 0.335 e. The van der Waals surface area contributed by atoms with Gasteiger partial charge in [-0.2, -0.15) is 0 Å². The number of amides is 2. The van der Waals surface area contributed by atoms with E-state index in [0.717, 1.165) is 17.1 Å². The Balaban J connectivity index is 1.73. The quantitative estimate of drug-likeness (QED) is 0.331. The van der Waals surface area contributed by atoms with Gasteiger partial charge in [-0.25, -0.2) is 4.79 Å². The van der Waals surface area contributed by atoms with Crippen LogP contribution in [0.15, 0.2) is 60.2 Å². The van der Waals surface area contributed by atoms with Gasteiger partial charge in [-0.15, -0.1) is 0 Å². The van der Waals surface area contributed by atoms with E-state index in [1.165, 1.54) is 35.2 Å². The molecule has 3 aromatic rings. The summed E-state index contributed by atoms with van der Waals surface area (Å²) in [5.41, 5.74) is 3.71. The zero-order valence-corrected chi connectivity index (χ0v) is 19.2. The van der Waals surface area contributed by atoms with Crippen molar-refractivity contribution in [1.82, 2.24) is 9.88 Å². The Labute approximate surface area is 199 Å². The number of aryl methyl sites for hydroxylation is 1. The molecule has 1 aliphatic heterocycles. The topological polar surface area (TPSA) is 91.6 Å². The van der Waals surface area contributed by atoms with E-state index < -0.39 is 17.8 Å². The molecule has 0 saturated carbocycles. The largest absolute Gasteiger partial charge is 0.478 e. The van der Waals surface area contributed by atoms with Gasteiger partial charge in [0.15, 0.2) is 5.11 Å². The number of benzene rings is 2. The van der Waals surface area contributed by atoms with Crippen molar-refractivity contribution in [2.24, 2.45) is 0 Å². The zero-order valence-electron chi connectivity index (χ0n) is 17.6. The molecule has 7 nitrogen and oxygen atoms in total. The Morgan fingerprint density at radius 1 is 1.03 bits per heavy atom. The van der Waals surface area contributed by atoms with Crippen LogP contribution >= 0.6 is 23.8 Å². The van der Waals surface area contributed by atoms with Crippen LogP contribution in [0.5, 0.6) is 0 Å². The first-order chi connectivity index (χ1) is 15.7. The molecule has 0 atom stereocenters. The SMILES string of the molecule is Cc1cc(/C=C2/C(=O)NC(=S)N(c3ccc(C(=O)O)cc3)C2=O)c(C)n1-c1ccc(Cl)cc1. The van der Waals surface area contributed by atoms with Gasteiger partial charge in [0, 0.05) is 22.1 Å². The Kier molecular flexibility index (Phi) is 5.88. The number of halogens is 1. The molecule has 1 aliphatic rings. The second kappa shape index (κ2) is 8.65. The zero-order chi connectivity index (χ0) is 23.9. The lowest BCUT2D eigenvalue weighted by atomic mass is 10.1. The normalized spacial score (nSPS) is 15.2. The number of carboxylic acids is 1. The van der Waals surface area contributed by atoms with Crippen LogP contribution in [0.4, 0.5) is 5.69 Å². The highest BCUT2D eigenvalue weighted by molar-refractivity contribution is 7.80. The number of aromatic carboxylic acids is 1. The maximum Gasteiger partial charge on any atom is 0.335 e. The van der Waals surface area contributed by atoms with E-state index in [1.807, 2.05) is 36.6 Å². The number of rotatable bonds is 4. The molecule has 0 bridgehead atoms. The minimum atomic E-state index is -1.08. The highest BCUT2D eigenvalue weighted by Gasteiger charge is 2.34. The molecule has 1 saturated heterocycles. The molecule has 2 heterocycles. The molecule has 0 unspecified atom stereocenters. The number of nitrogens with zero attached hydrogens (tertiary/aromatic N) is 2. The number of hydrogen-bond acceptors (Lipinski definition) is 4. The van der Waals surface area contributed by atoms with Crippen molar-refractivity contribution in [1.29, 1.82) is 0 Å². The number of aromatic nitrogens is 1. The summed E-state index contributed by atoms with van der Waals surface area (Å²) < 4.78 is 2.00. The van der Waals surface area contributed by atoms with E-state index >= 15 is 0 Å². The summed E-state index contributed by atoms with van der Waals surface area (Å²) in [6, 6.07) is 14.9. The summed E-state index contributed by atoms with van der Waals surface area (Å²) in [4.78, 5) is 38.2. The summed E-state index contributed by atoms with van der Waals surface area (Å²) in [7, 11) is 0. The molecular formula is C24H18ClN3O4S. The minimum Gasteiger partial charge on any atom is -0.478 e. The minimum absolute atomic E-state index is 0.0724. The monoisotopic (exact) mass is 479 g/mol. The van der Waals surface area contributed by atoms with E-state index in [1.54, 1.807) is 12.1 Å². The van der Waals surface area contributed by atoms with Crippen molar-refractivity contribution >= 4 is 58.5 Å². The highest BCUT2D eigenvalue weighted by atomic mass is 35.5. The Bertz CT molecular complexity index is 1340. The third-order valence-electron chi connectivity index (χ3n) is 5.33. The fraction of sp³-hybridized carbons (Fsp3) is 0.0833. The lowest BCUT2D eigenvalue weighted by Crippen LogP contribution is -2.54. The van der Waals surface area contributed by atoms with E-state index in [-0.39, 0.29) is 16.2 Å². The van der Waals surface area contributed by atoms with Crippen LogP contribution in [0.1, 0.15) is 27.3 Å². The average molecular weight is 480 g/mol.